The van der Waals surface area contributed by atoms with Gasteiger partial charge in [0.1, 0.15) is 0 Å². The smallest absolute Gasteiger partial charge is 0.0705 e. The van der Waals surface area contributed by atoms with Crippen LogP contribution in [0, 0.1) is 6.92 Å². The first kappa shape index (κ1) is 26.4. The van der Waals surface area contributed by atoms with Gasteiger partial charge in [0, 0.05) is 27.7 Å². The molecule has 9 rings (SSSR count). The lowest BCUT2D eigenvalue weighted by atomic mass is 9.93. The summed E-state index contributed by atoms with van der Waals surface area (Å²) in [5, 5.41) is 7.55. The van der Waals surface area contributed by atoms with E-state index < -0.39 is 0 Å². The summed E-state index contributed by atoms with van der Waals surface area (Å²) in [5.41, 5.74) is 11.5. The molecule has 0 spiro atoms. The molecule has 7 aromatic carbocycles. The van der Waals surface area contributed by atoms with Gasteiger partial charge in [0.2, 0.25) is 0 Å². The zero-order valence-corrected chi connectivity index (χ0v) is 25.5. The Balaban J connectivity index is 1.36. The van der Waals surface area contributed by atoms with Crippen LogP contribution >= 0.6 is 0 Å². The van der Waals surface area contributed by atoms with Crippen molar-refractivity contribution in [1.29, 1.82) is 0 Å². The highest BCUT2D eigenvalue weighted by atomic mass is 15.0. The van der Waals surface area contributed by atoms with Gasteiger partial charge in [0.05, 0.1) is 16.7 Å². The summed E-state index contributed by atoms with van der Waals surface area (Å²) in [6, 6.07) is 59.3. The fourth-order valence-corrected chi connectivity index (χ4v) is 7.17. The molecular weight excluding hydrogens is 556 g/mol. The first-order valence-electron chi connectivity index (χ1n) is 15.8. The Morgan fingerprint density at radius 3 is 2.00 bits per heavy atom. The molecule has 0 aliphatic heterocycles. The SMILES string of the molecule is Cc1cccc(-c2cccc(-c3cc4c(c5ccccc35)c3ccc(-c5cccc6ccccc56)cc3n4-c3ccccc3)c2)n1. The summed E-state index contributed by atoms with van der Waals surface area (Å²) in [5.74, 6) is 0. The largest absolute Gasteiger partial charge is 0.309 e. The highest BCUT2D eigenvalue weighted by molar-refractivity contribution is 6.24. The monoisotopic (exact) mass is 586 g/mol. The zero-order valence-electron chi connectivity index (χ0n) is 25.5. The van der Waals surface area contributed by atoms with Crippen molar-refractivity contribution in [3.8, 4) is 39.2 Å². The lowest BCUT2D eigenvalue weighted by molar-refractivity contribution is 1.18. The second-order valence-electron chi connectivity index (χ2n) is 12.0. The highest BCUT2D eigenvalue weighted by Gasteiger charge is 2.19. The lowest BCUT2D eigenvalue weighted by Gasteiger charge is -2.13. The molecule has 0 unspecified atom stereocenters. The molecule has 0 amide bonds. The molecule has 2 heterocycles. The van der Waals surface area contributed by atoms with E-state index in [0.29, 0.717) is 0 Å². The van der Waals surface area contributed by atoms with Gasteiger partial charge in [-0.25, -0.2) is 0 Å². The molecule has 216 valence electrons. The third-order valence-electron chi connectivity index (χ3n) is 9.25. The maximum Gasteiger partial charge on any atom is 0.0705 e. The number of hydrogen-bond acceptors (Lipinski definition) is 1. The molecule has 0 aliphatic rings. The van der Waals surface area contributed by atoms with Crippen LogP contribution in [-0.2, 0) is 0 Å². The number of nitrogens with zero attached hydrogens (tertiary/aromatic N) is 2. The van der Waals surface area contributed by atoms with Gasteiger partial charge in [0.25, 0.3) is 0 Å². The minimum absolute atomic E-state index is 0.992. The molecule has 0 atom stereocenters. The van der Waals surface area contributed by atoms with Gasteiger partial charge in [-0.05, 0) is 93.2 Å². The van der Waals surface area contributed by atoms with Crippen LogP contribution in [0.3, 0.4) is 0 Å². The fraction of sp³-hybridized carbons (Fsp3) is 0.0227. The van der Waals surface area contributed by atoms with Crippen molar-refractivity contribution in [1.82, 2.24) is 9.55 Å². The second kappa shape index (κ2) is 10.6. The lowest BCUT2D eigenvalue weighted by Crippen LogP contribution is -1.94. The van der Waals surface area contributed by atoms with Crippen LogP contribution < -0.4 is 0 Å². The Morgan fingerprint density at radius 1 is 0.435 bits per heavy atom. The summed E-state index contributed by atoms with van der Waals surface area (Å²) in [6.07, 6.45) is 0. The topological polar surface area (TPSA) is 17.8 Å². The maximum atomic E-state index is 4.82. The van der Waals surface area contributed by atoms with Gasteiger partial charge in [-0.2, -0.15) is 0 Å². The number of aromatic nitrogens is 2. The zero-order chi connectivity index (χ0) is 30.6. The van der Waals surface area contributed by atoms with E-state index in [1.165, 1.54) is 65.6 Å². The number of para-hydroxylation sites is 1. The van der Waals surface area contributed by atoms with Crippen LogP contribution in [0.2, 0.25) is 0 Å². The number of benzene rings is 7. The molecule has 9 aromatic rings. The van der Waals surface area contributed by atoms with Crippen molar-refractivity contribution in [3.05, 3.63) is 169 Å². The Bertz CT molecular complexity index is 2590. The predicted molar refractivity (Wildman–Crippen MR) is 195 cm³/mol. The van der Waals surface area contributed by atoms with Crippen molar-refractivity contribution in [3.63, 3.8) is 0 Å². The molecule has 0 bridgehead atoms. The summed E-state index contributed by atoms with van der Waals surface area (Å²) in [6.45, 7) is 2.04. The number of aryl methyl sites for hydroxylation is 1. The molecule has 0 saturated carbocycles. The van der Waals surface area contributed by atoms with Crippen LogP contribution in [0.15, 0.2) is 164 Å². The number of pyridine rings is 1. The molecule has 0 aliphatic carbocycles. The van der Waals surface area contributed by atoms with Crippen molar-refractivity contribution < 1.29 is 0 Å². The van der Waals surface area contributed by atoms with E-state index >= 15 is 0 Å². The van der Waals surface area contributed by atoms with Gasteiger partial charge >= 0.3 is 0 Å². The molecular formula is C44H30N2. The van der Waals surface area contributed by atoms with Crippen LogP contribution in [0.1, 0.15) is 5.69 Å². The first-order valence-corrected chi connectivity index (χ1v) is 15.8. The Hall–Kier alpha value is -5.99. The molecule has 2 aromatic heterocycles. The molecule has 0 N–H and O–H groups in total. The molecule has 0 saturated heterocycles. The van der Waals surface area contributed by atoms with E-state index in [-0.39, 0.29) is 0 Å². The number of hydrogen-bond donors (Lipinski definition) is 0. The third-order valence-corrected chi connectivity index (χ3v) is 9.25. The van der Waals surface area contributed by atoms with Crippen molar-refractivity contribution in [2.24, 2.45) is 0 Å². The number of rotatable bonds is 4. The summed E-state index contributed by atoms with van der Waals surface area (Å²) in [4.78, 5) is 4.82. The Kier molecular flexibility index (Phi) is 6.07. The summed E-state index contributed by atoms with van der Waals surface area (Å²) in [7, 11) is 0. The summed E-state index contributed by atoms with van der Waals surface area (Å²) >= 11 is 0. The summed E-state index contributed by atoms with van der Waals surface area (Å²) < 4.78 is 2.45. The third kappa shape index (κ3) is 4.22. The first-order chi connectivity index (χ1) is 22.7. The van der Waals surface area contributed by atoms with E-state index in [1.54, 1.807) is 0 Å². The average Bonchev–Trinajstić information content (AvgIpc) is 3.45. The molecule has 0 fully saturated rings. The minimum atomic E-state index is 0.992. The second-order valence-corrected chi connectivity index (χ2v) is 12.0. The normalized spacial score (nSPS) is 11.6. The van der Waals surface area contributed by atoms with Crippen LogP contribution in [0.4, 0.5) is 0 Å². The van der Waals surface area contributed by atoms with Crippen molar-refractivity contribution >= 4 is 43.4 Å². The standard InChI is InChI=1S/C44H30N2/c1-29-12-9-23-41(45-29)33-16-10-15-31(26-33)40-28-43-44(38-21-8-7-20-37(38)40)39-25-24-32(27-42(39)46(43)34-17-3-2-4-18-34)36-22-11-14-30-13-5-6-19-35(30)36/h2-28H,1H3. The van der Waals surface area contributed by atoms with E-state index in [0.717, 1.165) is 22.6 Å². The van der Waals surface area contributed by atoms with Crippen molar-refractivity contribution in [2.45, 2.75) is 6.92 Å². The predicted octanol–water partition coefficient (Wildman–Crippen LogP) is 11.8. The fourth-order valence-electron chi connectivity index (χ4n) is 7.17. The molecule has 46 heavy (non-hydrogen) atoms. The number of fused-ring (bicyclic) bond motifs is 6. The van der Waals surface area contributed by atoms with Gasteiger partial charge in [-0.15, -0.1) is 0 Å². The highest BCUT2D eigenvalue weighted by Crippen LogP contribution is 2.43. The van der Waals surface area contributed by atoms with Gasteiger partial charge in [0.15, 0.2) is 0 Å². The van der Waals surface area contributed by atoms with Crippen LogP contribution in [0.5, 0.6) is 0 Å². The molecule has 2 nitrogen and oxygen atoms in total. The Labute approximate surface area is 267 Å². The molecule has 0 radical (unpaired) electrons. The van der Waals surface area contributed by atoms with Gasteiger partial charge in [-0.1, -0.05) is 121 Å². The maximum absolute atomic E-state index is 4.82. The minimum Gasteiger partial charge on any atom is -0.309 e. The van der Waals surface area contributed by atoms with Crippen molar-refractivity contribution in [2.75, 3.05) is 0 Å². The van der Waals surface area contributed by atoms with Gasteiger partial charge < -0.3 is 4.57 Å². The quantitative estimate of drug-likeness (QED) is 0.201. The average molecular weight is 587 g/mol. The van der Waals surface area contributed by atoms with E-state index in [2.05, 4.69) is 162 Å². The Morgan fingerprint density at radius 2 is 1.13 bits per heavy atom. The van der Waals surface area contributed by atoms with Gasteiger partial charge in [-0.3, -0.25) is 4.98 Å². The van der Waals surface area contributed by atoms with E-state index in [1.807, 2.05) is 13.0 Å². The van der Waals surface area contributed by atoms with E-state index in [9.17, 15) is 0 Å². The van der Waals surface area contributed by atoms with Crippen LogP contribution in [0.25, 0.3) is 82.5 Å². The van der Waals surface area contributed by atoms with E-state index in [4.69, 9.17) is 4.98 Å². The molecule has 2 heteroatoms. The van der Waals surface area contributed by atoms with Crippen LogP contribution in [-0.4, -0.2) is 9.55 Å².